The van der Waals surface area contributed by atoms with Gasteiger partial charge in [-0.25, -0.2) is 4.79 Å². The number of carbonyl (C=O) groups excluding carboxylic acids is 1. The van der Waals surface area contributed by atoms with E-state index in [4.69, 9.17) is 9.47 Å². The van der Waals surface area contributed by atoms with Gasteiger partial charge in [-0.3, -0.25) is 4.55 Å². The number of rotatable bonds is 5. The fourth-order valence-electron chi connectivity index (χ4n) is 2.11. The summed E-state index contributed by atoms with van der Waals surface area (Å²) in [5.41, 5.74) is 0.778. The fraction of sp³-hybridized carbons (Fsp3) is 0.462. The Hall–Kier alpha value is -1.64. The highest BCUT2D eigenvalue weighted by Gasteiger charge is 2.36. The molecule has 1 saturated heterocycles. The maximum atomic E-state index is 11.7. The zero-order valence-electron chi connectivity index (χ0n) is 11.3. The minimum atomic E-state index is -4.42. The molecule has 1 aliphatic rings. The van der Waals surface area contributed by atoms with Gasteiger partial charge >= 0.3 is 6.09 Å². The van der Waals surface area contributed by atoms with Crippen LogP contribution in [0.1, 0.15) is 12.0 Å². The van der Waals surface area contributed by atoms with Crippen LogP contribution in [-0.4, -0.2) is 37.7 Å². The predicted octanol–water partition coefficient (Wildman–Crippen LogP) is 1.16. The third-order valence-corrected chi connectivity index (χ3v) is 4.33. The molecule has 8 heteroatoms. The average Bonchev–Trinajstić information content (AvgIpc) is 2.96. The molecule has 0 saturated carbocycles. The van der Waals surface area contributed by atoms with E-state index in [2.05, 4.69) is 5.32 Å². The first-order valence-electron chi connectivity index (χ1n) is 6.48. The Kier molecular flexibility index (Phi) is 5.16. The molecule has 7 nitrogen and oxygen atoms in total. The SMILES string of the molecule is O=C(NC(C1CCOC1)S(=O)(=O)O)OCc1ccccc1. The highest BCUT2D eigenvalue weighted by Crippen LogP contribution is 2.20. The molecule has 1 heterocycles. The average molecular weight is 315 g/mol. The number of hydrogen-bond donors (Lipinski definition) is 2. The molecule has 2 N–H and O–H groups in total. The minimum absolute atomic E-state index is 0.0199. The van der Waals surface area contributed by atoms with Crippen LogP contribution in [0.5, 0.6) is 0 Å². The molecule has 21 heavy (non-hydrogen) atoms. The smallest absolute Gasteiger partial charge is 0.408 e. The molecule has 0 radical (unpaired) electrons. The van der Waals surface area contributed by atoms with E-state index in [0.717, 1.165) is 5.56 Å². The summed E-state index contributed by atoms with van der Waals surface area (Å²) < 4.78 is 42.0. The maximum absolute atomic E-state index is 11.7. The first-order chi connectivity index (χ1) is 9.97. The van der Waals surface area contributed by atoms with Gasteiger partial charge in [0.1, 0.15) is 6.61 Å². The molecular formula is C13H17NO6S. The lowest BCUT2D eigenvalue weighted by Gasteiger charge is -2.20. The summed E-state index contributed by atoms with van der Waals surface area (Å²) in [5, 5.41) is 0.776. The molecule has 0 bridgehead atoms. The summed E-state index contributed by atoms with van der Waals surface area (Å²) in [6, 6.07) is 8.98. The van der Waals surface area contributed by atoms with Crippen LogP contribution < -0.4 is 5.32 Å². The van der Waals surface area contributed by atoms with Crippen molar-refractivity contribution < 1.29 is 27.2 Å². The van der Waals surface area contributed by atoms with Crippen LogP contribution in [0.3, 0.4) is 0 Å². The predicted molar refractivity (Wildman–Crippen MR) is 74.0 cm³/mol. The number of hydrogen-bond acceptors (Lipinski definition) is 5. The number of amides is 1. The van der Waals surface area contributed by atoms with E-state index >= 15 is 0 Å². The summed E-state index contributed by atoms with van der Waals surface area (Å²) in [4.78, 5) is 11.7. The van der Waals surface area contributed by atoms with Gasteiger partial charge in [0, 0.05) is 12.5 Å². The lowest BCUT2D eigenvalue weighted by Crippen LogP contribution is -2.46. The van der Waals surface area contributed by atoms with E-state index in [1.807, 2.05) is 6.07 Å². The molecule has 1 aromatic carbocycles. The van der Waals surface area contributed by atoms with Crippen molar-refractivity contribution in [3.63, 3.8) is 0 Å². The van der Waals surface area contributed by atoms with E-state index in [0.29, 0.717) is 13.0 Å². The van der Waals surface area contributed by atoms with Crippen LogP contribution in [-0.2, 0) is 26.2 Å². The van der Waals surface area contributed by atoms with Gasteiger partial charge in [0.15, 0.2) is 5.37 Å². The summed E-state index contributed by atoms with van der Waals surface area (Å²) in [5.74, 6) is -0.482. The Morgan fingerprint density at radius 1 is 1.43 bits per heavy atom. The number of benzene rings is 1. The van der Waals surface area contributed by atoms with Crippen molar-refractivity contribution >= 4 is 16.2 Å². The van der Waals surface area contributed by atoms with Gasteiger partial charge in [0.25, 0.3) is 10.1 Å². The first kappa shape index (κ1) is 15.7. The van der Waals surface area contributed by atoms with Crippen LogP contribution in [0.25, 0.3) is 0 Å². The number of alkyl carbamates (subject to hydrolysis) is 1. The maximum Gasteiger partial charge on any atom is 0.408 e. The Labute approximate surface area is 123 Å². The summed E-state index contributed by atoms with van der Waals surface area (Å²) in [6.07, 6.45) is -0.447. The van der Waals surface area contributed by atoms with Gasteiger partial charge in [0.05, 0.1) is 6.61 Å². The van der Waals surface area contributed by atoms with Gasteiger partial charge in [-0.2, -0.15) is 8.42 Å². The second-order valence-electron chi connectivity index (χ2n) is 4.77. The van der Waals surface area contributed by atoms with Crippen molar-refractivity contribution in [2.75, 3.05) is 13.2 Å². The molecule has 0 aliphatic carbocycles. The third kappa shape index (κ3) is 4.69. The van der Waals surface area contributed by atoms with Crippen LogP contribution in [0.2, 0.25) is 0 Å². The van der Waals surface area contributed by atoms with E-state index < -0.39 is 27.5 Å². The van der Waals surface area contributed by atoms with Gasteiger partial charge in [-0.15, -0.1) is 0 Å². The summed E-state index contributed by atoms with van der Waals surface area (Å²) in [6.45, 7) is 0.590. The normalized spacial score (nSPS) is 20.0. The topological polar surface area (TPSA) is 102 Å². The van der Waals surface area contributed by atoms with Gasteiger partial charge in [-0.1, -0.05) is 30.3 Å². The van der Waals surface area contributed by atoms with Crippen molar-refractivity contribution in [2.24, 2.45) is 5.92 Å². The Morgan fingerprint density at radius 2 is 2.14 bits per heavy atom. The quantitative estimate of drug-likeness (QED) is 0.791. The fourth-order valence-corrected chi connectivity index (χ4v) is 3.05. The number of ether oxygens (including phenoxy) is 2. The number of nitrogens with one attached hydrogen (secondary N) is 1. The van der Waals surface area contributed by atoms with Crippen LogP contribution >= 0.6 is 0 Å². The first-order valence-corrected chi connectivity index (χ1v) is 7.98. The summed E-state index contributed by atoms with van der Waals surface area (Å²) >= 11 is 0. The van der Waals surface area contributed by atoms with Crippen LogP contribution in [0.4, 0.5) is 4.79 Å². The Morgan fingerprint density at radius 3 is 2.71 bits per heavy atom. The molecule has 2 atom stereocenters. The van der Waals surface area contributed by atoms with E-state index in [1.165, 1.54) is 0 Å². The van der Waals surface area contributed by atoms with Gasteiger partial charge in [0.2, 0.25) is 0 Å². The molecule has 2 unspecified atom stereocenters. The Balaban J connectivity index is 1.92. The molecule has 2 rings (SSSR count). The van der Waals surface area contributed by atoms with Crippen molar-refractivity contribution in [2.45, 2.75) is 18.4 Å². The lowest BCUT2D eigenvalue weighted by molar-refractivity contribution is 0.133. The van der Waals surface area contributed by atoms with E-state index in [-0.39, 0.29) is 13.2 Å². The van der Waals surface area contributed by atoms with Crippen molar-refractivity contribution in [1.29, 1.82) is 0 Å². The molecule has 1 aromatic rings. The molecule has 0 aromatic heterocycles. The van der Waals surface area contributed by atoms with Crippen molar-refractivity contribution in [3.8, 4) is 0 Å². The second-order valence-corrected chi connectivity index (χ2v) is 6.30. The van der Waals surface area contributed by atoms with Crippen molar-refractivity contribution in [3.05, 3.63) is 35.9 Å². The van der Waals surface area contributed by atoms with Crippen LogP contribution in [0, 0.1) is 5.92 Å². The molecule has 116 valence electrons. The number of carbonyl (C=O) groups is 1. The van der Waals surface area contributed by atoms with Gasteiger partial charge in [-0.05, 0) is 12.0 Å². The minimum Gasteiger partial charge on any atom is -0.445 e. The lowest BCUT2D eigenvalue weighted by atomic mass is 10.1. The second kappa shape index (κ2) is 6.88. The molecule has 0 spiro atoms. The standard InChI is InChI=1S/C13H17NO6S/c15-13(20-8-10-4-2-1-3-5-10)14-12(21(16,17)18)11-6-7-19-9-11/h1-5,11-12H,6-9H2,(H,14,15)(H,16,17,18). The van der Waals surface area contributed by atoms with E-state index in [9.17, 15) is 17.8 Å². The molecule has 1 fully saturated rings. The molecular weight excluding hydrogens is 298 g/mol. The largest absolute Gasteiger partial charge is 0.445 e. The third-order valence-electron chi connectivity index (χ3n) is 3.19. The van der Waals surface area contributed by atoms with Crippen molar-refractivity contribution in [1.82, 2.24) is 5.32 Å². The molecule has 1 amide bonds. The summed E-state index contributed by atoms with van der Waals surface area (Å²) in [7, 11) is -4.42. The zero-order valence-corrected chi connectivity index (χ0v) is 12.1. The van der Waals surface area contributed by atoms with Gasteiger partial charge < -0.3 is 14.8 Å². The Bertz CT molecular complexity index is 568. The molecule has 1 aliphatic heterocycles. The highest BCUT2D eigenvalue weighted by molar-refractivity contribution is 7.86. The monoisotopic (exact) mass is 315 g/mol. The van der Waals surface area contributed by atoms with Crippen LogP contribution in [0.15, 0.2) is 30.3 Å². The van der Waals surface area contributed by atoms with E-state index in [1.54, 1.807) is 24.3 Å². The zero-order chi connectivity index (χ0) is 15.3. The highest BCUT2D eigenvalue weighted by atomic mass is 32.2.